The number of phenolic OH excluding ortho intramolecular Hbond substituents is 1. The number of nitrogens with zero attached hydrogens (tertiary/aromatic N) is 1. The fourth-order valence-corrected chi connectivity index (χ4v) is 2.29. The molecule has 2 amide bonds. The Hall–Kier alpha value is -3.36. The van der Waals surface area contributed by atoms with Gasteiger partial charge in [-0.3, -0.25) is 10.1 Å². The molecule has 0 aromatic heterocycles. The molecule has 0 bridgehead atoms. The topological polar surface area (TPSA) is 131 Å². The zero-order valence-electron chi connectivity index (χ0n) is 12.7. The van der Waals surface area contributed by atoms with Crippen LogP contribution in [0.2, 0.25) is 0 Å². The van der Waals surface area contributed by atoms with Crippen LogP contribution in [0, 0.1) is 10.1 Å². The van der Waals surface area contributed by atoms with Crippen LogP contribution in [0.1, 0.15) is 18.5 Å². The van der Waals surface area contributed by atoms with Gasteiger partial charge in [0.05, 0.1) is 16.5 Å². The molecular weight excluding hydrogens is 318 g/mol. The van der Waals surface area contributed by atoms with Gasteiger partial charge < -0.3 is 20.5 Å². The van der Waals surface area contributed by atoms with E-state index in [-0.39, 0.29) is 23.4 Å². The molecule has 1 heterocycles. The third-order valence-electron chi connectivity index (χ3n) is 3.35. The van der Waals surface area contributed by atoms with Crippen molar-refractivity contribution in [2.24, 2.45) is 0 Å². The highest BCUT2D eigenvalue weighted by Gasteiger charge is 2.33. The fourth-order valence-electron chi connectivity index (χ4n) is 2.29. The number of nitro groups is 1. The lowest BCUT2D eigenvalue weighted by atomic mass is 9.95. The van der Waals surface area contributed by atoms with Crippen LogP contribution in [-0.2, 0) is 9.53 Å². The number of amides is 2. The molecule has 1 atom stereocenters. The lowest BCUT2D eigenvalue weighted by Crippen LogP contribution is -2.45. The van der Waals surface area contributed by atoms with Crippen molar-refractivity contribution >= 4 is 17.7 Å². The molecule has 2 rings (SSSR count). The molecule has 24 heavy (non-hydrogen) atoms. The molecule has 9 heteroatoms. The van der Waals surface area contributed by atoms with E-state index in [9.17, 15) is 24.8 Å². The highest BCUT2D eigenvalue weighted by molar-refractivity contribution is 5.95. The highest BCUT2D eigenvalue weighted by atomic mass is 16.6. The second kappa shape index (κ2) is 6.82. The molecule has 1 aliphatic heterocycles. The summed E-state index contributed by atoms with van der Waals surface area (Å²) >= 11 is 0. The van der Waals surface area contributed by atoms with E-state index >= 15 is 0 Å². The van der Waals surface area contributed by atoms with Crippen molar-refractivity contribution in [1.82, 2.24) is 10.6 Å². The summed E-state index contributed by atoms with van der Waals surface area (Å²) in [7, 11) is 0. The van der Waals surface area contributed by atoms with Gasteiger partial charge >= 0.3 is 17.7 Å². The predicted octanol–water partition coefficient (Wildman–Crippen LogP) is 1.66. The van der Waals surface area contributed by atoms with Crippen LogP contribution >= 0.6 is 0 Å². The maximum absolute atomic E-state index is 12.2. The van der Waals surface area contributed by atoms with Crippen molar-refractivity contribution in [3.63, 3.8) is 0 Å². The van der Waals surface area contributed by atoms with Gasteiger partial charge in [-0.05, 0) is 18.6 Å². The maximum Gasteiger partial charge on any atom is 0.338 e. The number of hydrogen-bond acceptors (Lipinski definition) is 6. The number of phenols is 1. The van der Waals surface area contributed by atoms with E-state index in [0.717, 1.165) is 12.1 Å². The number of nitro benzene ring substituents is 1. The van der Waals surface area contributed by atoms with E-state index in [1.807, 2.05) is 0 Å². The first-order valence-corrected chi connectivity index (χ1v) is 6.88. The Balaban J connectivity index is 2.49. The molecule has 9 nitrogen and oxygen atoms in total. The largest absolute Gasteiger partial charge is 0.502 e. The molecular formula is C15H15N3O6. The van der Waals surface area contributed by atoms with Crippen LogP contribution < -0.4 is 10.6 Å². The summed E-state index contributed by atoms with van der Waals surface area (Å²) < 4.78 is 5.00. The zero-order valence-corrected chi connectivity index (χ0v) is 12.7. The number of carbonyl (C=O) groups excluding carboxylic acids is 2. The Morgan fingerprint density at radius 3 is 2.88 bits per heavy atom. The van der Waals surface area contributed by atoms with Gasteiger partial charge in [-0.15, -0.1) is 0 Å². The molecule has 0 aliphatic carbocycles. The van der Waals surface area contributed by atoms with Crippen molar-refractivity contribution in [1.29, 1.82) is 0 Å². The van der Waals surface area contributed by atoms with Crippen LogP contribution in [-0.4, -0.2) is 28.6 Å². The van der Waals surface area contributed by atoms with Gasteiger partial charge in [0.15, 0.2) is 5.75 Å². The number of rotatable bonds is 5. The second-order valence-electron chi connectivity index (χ2n) is 4.96. The number of urea groups is 1. The molecule has 126 valence electrons. The van der Waals surface area contributed by atoms with Crippen molar-refractivity contribution < 1.29 is 24.4 Å². The monoisotopic (exact) mass is 333 g/mol. The Morgan fingerprint density at radius 1 is 1.54 bits per heavy atom. The van der Waals surface area contributed by atoms with E-state index in [0.29, 0.717) is 0 Å². The number of nitrogens with one attached hydrogen (secondary N) is 2. The predicted molar refractivity (Wildman–Crippen MR) is 83.0 cm³/mol. The van der Waals surface area contributed by atoms with Gasteiger partial charge in [-0.1, -0.05) is 18.7 Å². The van der Waals surface area contributed by atoms with Gasteiger partial charge in [-0.2, -0.15) is 0 Å². The quantitative estimate of drug-likeness (QED) is 0.325. The lowest BCUT2D eigenvalue weighted by Gasteiger charge is -2.28. The first-order chi connectivity index (χ1) is 11.3. The summed E-state index contributed by atoms with van der Waals surface area (Å²) in [6.45, 7) is 4.94. The maximum atomic E-state index is 12.2. The van der Waals surface area contributed by atoms with Crippen LogP contribution in [0.15, 0.2) is 42.1 Å². The minimum atomic E-state index is -0.949. The number of hydrogen-bond donors (Lipinski definition) is 3. The van der Waals surface area contributed by atoms with Gasteiger partial charge in [0.2, 0.25) is 0 Å². The number of benzene rings is 1. The number of ether oxygens (including phenoxy) is 1. The van der Waals surface area contributed by atoms with E-state index in [4.69, 9.17) is 4.74 Å². The number of esters is 1. The Kier molecular flexibility index (Phi) is 4.83. The fraction of sp³-hybridized carbons (Fsp3) is 0.200. The van der Waals surface area contributed by atoms with Crippen LogP contribution in [0.25, 0.3) is 0 Å². The summed E-state index contributed by atoms with van der Waals surface area (Å²) in [4.78, 5) is 34.2. The normalized spacial score (nSPS) is 16.9. The highest BCUT2D eigenvalue weighted by Crippen LogP contribution is 2.33. The SMILES string of the molecule is C=CCOC(=O)C1=C(C)NC(=O)N[C@H]1c1ccc(O)c([N+](=O)[O-])c1. The minimum Gasteiger partial charge on any atom is -0.502 e. The van der Waals surface area contributed by atoms with Crippen molar-refractivity contribution in [3.8, 4) is 5.75 Å². The van der Waals surface area contributed by atoms with Crippen molar-refractivity contribution in [2.45, 2.75) is 13.0 Å². The summed E-state index contributed by atoms with van der Waals surface area (Å²) in [5.74, 6) is -1.21. The van der Waals surface area contributed by atoms with Gasteiger partial charge in [-0.25, -0.2) is 9.59 Å². The molecule has 1 aromatic rings. The third kappa shape index (κ3) is 3.35. The van der Waals surface area contributed by atoms with E-state index in [1.165, 1.54) is 19.1 Å². The van der Waals surface area contributed by atoms with Gasteiger partial charge in [0, 0.05) is 11.8 Å². The standard InChI is InChI=1S/C15H15N3O6/c1-3-6-24-14(20)12-8(2)16-15(21)17-13(12)9-4-5-11(19)10(7-9)18(22)23/h3-5,7,13,19H,1,6H2,2H3,(H2,16,17,21)/t13-/m0/s1. The summed E-state index contributed by atoms with van der Waals surface area (Å²) in [5.41, 5.74) is 0.112. The Bertz CT molecular complexity index is 756. The lowest BCUT2D eigenvalue weighted by molar-refractivity contribution is -0.385. The van der Waals surface area contributed by atoms with Crippen LogP contribution in [0.5, 0.6) is 5.75 Å². The average molecular weight is 333 g/mol. The summed E-state index contributed by atoms with van der Waals surface area (Å²) in [6.07, 6.45) is 1.39. The van der Waals surface area contributed by atoms with E-state index in [1.54, 1.807) is 0 Å². The molecule has 0 unspecified atom stereocenters. The summed E-state index contributed by atoms with van der Waals surface area (Å²) in [5, 5.41) is 25.5. The van der Waals surface area contributed by atoms with Crippen molar-refractivity contribution in [3.05, 3.63) is 57.8 Å². The molecule has 0 saturated carbocycles. The first kappa shape index (κ1) is 17.0. The second-order valence-corrected chi connectivity index (χ2v) is 4.96. The number of allylic oxidation sites excluding steroid dienone is 1. The van der Waals surface area contributed by atoms with Gasteiger partial charge in [0.1, 0.15) is 6.61 Å². The Morgan fingerprint density at radius 2 is 2.25 bits per heavy atom. The van der Waals surface area contributed by atoms with E-state index < -0.39 is 34.4 Å². The molecule has 0 spiro atoms. The minimum absolute atomic E-state index is 0.0218. The summed E-state index contributed by atoms with van der Waals surface area (Å²) in [6, 6.07) is 2.10. The van der Waals surface area contributed by atoms with Crippen LogP contribution in [0.3, 0.4) is 0 Å². The van der Waals surface area contributed by atoms with Gasteiger partial charge in [0.25, 0.3) is 0 Å². The molecule has 3 N–H and O–H groups in total. The Labute approximate surface area is 136 Å². The number of carbonyl (C=O) groups is 2. The zero-order chi connectivity index (χ0) is 17.9. The average Bonchev–Trinajstić information content (AvgIpc) is 2.52. The molecule has 0 radical (unpaired) electrons. The molecule has 1 aliphatic rings. The van der Waals surface area contributed by atoms with Crippen molar-refractivity contribution in [2.75, 3.05) is 6.61 Å². The molecule has 0 fully saturated rings. The van der Waals surface area contributed by atoms with Crippen LogP contribution in [0.4, 0.5) is 10.5 Å². The third-order valence-corrected chi connectivity index (χ3v) is 3.35. The molecule has 0 saturated heterocycles. The molecule has 1 aromatic carbocycles. The first-order valence-electron chi connectivity index (χ1n) is 6.88. The number of aromatic hydroxyl groups is 1. The van der Waals surface area contributed by atoms with E-state index in [2.05, 4.69) is 17.2 Å². The smallest absolute Gasteiger partial charge is 0.338 e.